The zero-order chi connectivity index (χ0) is 15.8. The number of benzene rings is 2. The second kappa shape index (κ2) is 7.78. The second-order valence-electron chi connectivity index (χ2n) is 4.65. The quantitative estimate of drug-likeness (QED) is 0.655. The Balaban J connectivity index is 2.06. The number of ether oxygens (including phenoxy) is 1. The lowest BCUT2D eigenvalue weighted by molar-refractivity contribution is -0.115. The Morgan fingerprint density at radius 3 is 2.45 bits per heavy atom. The molecule has 1 N–H and O–H groups in total. The number of hydrogen-bond acceptors (Lipinski definition) is 3. The summed E-state index contributed by atoms with van der Waals surface area (Å²) in [5, 5.41) is 2.68. The average Bonchev–Trinajstić information content (AvgIpc) is 2.54. The van der Waals surface area contributed by atoms with Crippen molar-refractivity contribution in [2.24, 2.45) is 0 Å². The van der Waals surface area contributed by atoms with Crippen LogP contribution in [0.2, 0.25) is 0 Å². The number of carbonyl (C=O) groups is 2. The molecule has 4 heteroatoms. The Kier molecular flexibility index (Phi) is 5.49. The normalized spacial score (nSPS) is 9.82. The first-order valence-electron chi connectivity index (χ1n) is 6.91. The third kappa shape index (κ3) is 4.31. The van der Waals surface area contributed by atoms with Crippen LogP contribution >= 0.6 is 0 Å². The van der Waals surface area contributed by atoms with E-state index in [0.29, 0.717) is 11.3 Å². The van der Waals surface area contributed by atoms with Crippen LogP contribution in [-0.2, 0) is 16.1 Å². The third-order valence-corrected chi connectivity index (χ3v) is 2.96. The van der Waals surface area contributed by atoms with Crippen LogP contribution in [0, 0.1) is 0 Å². The molecule has 1 amide bonds. The lowest BCUT2D eigenvalue weighted by atomic mass is 10.1. The van der Waals surface area contributed by atoms with E-state index in [4.69, 9.17) is 4.74 Å². The second-order valence-corrected chi connectivity index (χ2v) is 4.65. The summed E-state index contributed by atoms with van der Waals surface area (Å²) in [6, 6.07) is 16.2. The first-order chi connectivity index (χ1) is 10.7. The van der Waals surface area contributed by atoms with Gasteiger partial charge in [0.15, 0.2) is 0 Å². The predicted octanol–water partition coefficient (Wildman–Crippen LogP) is 3.56. The van der Waals surface area contributed by atoms with E-state index in [0.717, 1.165) is 5.56 Å². The fourth-order valence-electron chi connectivity index (χ4n) is 1.90. The Morgan fingerprint density at radius 1 is 1.05 bits per heavy atom. The van der Waals surface area contributed by atoms with Crippen LogP contribution < -0.4 is 5.32 Å². The molecule has 0 heterocycles. The molecular weight excluding hydrogens is 278 g/mol. The number of carbonyl (C=O) groups excluding carboxylic acids is 2. The van der Waals surface area contributed by atoms with Gasteiger partial charge in [-0.25, -0.2) is 4.79 Å². The van der Waals surface area contributed by atoms with E-state index in [2.05, 4.69) is 11.9 Å². The minimum atomic E-state index is -0.474. The predicted molar refractivity (Wildman–Crippen MR) is 85.4 cm³/mol. The smallest absolute Gasteiger partial charge is 0.340 e. The molecule has 0 radical (unpaired) electrons. The molecule has 2 aromatic carbocycles. The van der Waals surface area contributed by atoms with E-state index >= 15 is 0 Å². The van der Waals surface area contributed by atoms with E-state index in [1.165, 1.54) is 6.08 Å². The van der Waals surface area contributed by atoms with Gasteiger partial charge in [0.05, 0.1) is 11.3 Å². The van der Waals surface area contributed by atoms with Gasteiger partial charge < -0.3 is 10.1 Å². The largest absolute Gasteiger partial charge is 0.457 e. The van der Waals surface area contributed by atoms with Crippen LogP contribution in [0.5, 0.6) is 0 Å². The van der Waals surface area contributed by atoms with Gasteiger partial charge in [0.2, 0.25) is 5.91 Å². The Morgan fingerprint density at radius 2 is 1.73 bits per heavy atom. The van der Waals surface area contributed by atoms with Crippen molar-refractivity contribution in [3.8, 4) is 0 Å². The van der Waals surface area contributed by atoms with Crippen molar-refractivity contribution in [3.05, 3.63) is 78.4 Å². The monoisotopic (exact) mass is 295 g/mol. The number of anilines is 1. The summed E-state index contributed by atoms with van der Waals surface area (Å²) in [6.07, 6.45) is 1.69. The van der Waals surface area contributed by atoms with E-state index in [1.54, 1.807) is 24.3 Å². The van der Waals surface area contributed by atoms with Gasteiger partial charge in [-0.05, 0) is 17.7 Å². The molecule has 0 aliphatic heterocycles. The Hall–Kier alpha value is -2.88. The molecule has 0 saturated heterocycles. The van der Waals surface area contributed by atoms with Crippen molar-refractivity contribution in [1.82, 2.24) is 0 Å². The van der Waals surface area contributed by atoms with Gasteiger partial charge in [0, 0.05) is 6.42 Å². The third-order valence-electron chi connectivity index (χ3n) is 2.96. The number of esters is 1. The molecule has 0 bridgehead atoms. The molecule has 0 fully saturated rings. The molecule has 22 heavy (non-hydrogen) atoms. The molecule has 0 spiro atoms. The SMILES string of the molecule is C=CCC(=O)Nc1ccccc1C(=O)OCc1ccccc1. The zero-order valence-corrected chi connectivity index (χ0v) is 12.1. The standard InChI is InChI=1S/C18H17NO3/c1-2-8-17(20)19-16-12-7-6-11-15(16)18(21)22-13-14-9-4-3-5-10-14/h2-7,9-12H,1,8,13H2,(H,19,20). The van der Waals surface area contributed by atoms with E-state index < -0.39 is 5.97 Å². The molecule has 0 atom stereocenters. The summed E-state index contributed by atoms with van der Waals surface area (Å²) in [6.45, 7) is 3.70. The van der Waals surface area contributed by atoms with Crippen molar-refractivity contribution >= 4 is 17.6 Å². The maximum absolute atomic E-state index is 12.2. The van der Waals surface area contributed by atoms with Gasteiger partial charge >= 0.3 is 5.97 Å². The molecule has 2 aromatic rings. The molecule has 0 aliphatic carbocycles. The minimum Gasteiger partial charge on any atom is -0.457 e. The van der Waals surface area contributed by atoms with Crippen LogP contribution in [0.25, 0.3) is 0 Å². The van der Waals surface area contributed by atoms with E-state index in [9.17, 15) is 9.59 Å². The molecule has 2 rings (SSSR count). The summed E-state index contributed by atoms with van der Waals surface area (Å²) < 4.78 is 5.29. The van der Waals surface area contributed by atoms with Crippen molar-refractivity contribution in [2.45, 2.75) is 13.0 Å². The van der Waals surface area contributed by atoms with Gasteiger partial charge in [-0.3, -0.25) is 4.79 Å². The van der Waals surface area contributed by atoms with Crippen LogP contribution in [0.4, 0.5) is 5.69 Å². The Labute approximate surface area is 129 Å². The van der Waals surface area contributed by atoms with Gasteiger partial charge in [-0.2, -0.15) is 0 Å². The highest BCUT2D eigenvalue weighted by molar-refractivity contribution is 6.01. The maximum Gasteiger partial charge on any atom is 0.340 e. The van der Waals surface area contributed by atoms with Crippen LogP contribution in [0.15, 0.2) is 67.3 Å². The summed E-state index contributed by atoms with van der Waals surface area (Å²) in [7, 11) is 0. The molecule has 0 aromatic heterocycles. The zero-order valence-electron chi connectivity index (χ0n) is 12.1. The summed E-state index contributed by atoms with van der Waals surface area (Å²) >= 11 is 0. The number of nitrogens with one attached hydrogen (secondary N) is 1. The van der Waals surface area contributed by atoms with Crippen LogP contribution in [-0.4, -0.2) is 11.9 Å². The molecule has 0 saturated carbocycles. The summed E-state index contributed by atoms with van der Waals surface area (Å²) in [4.78, 5) is 23.8. The Bertz CT molecular complexity index is 665. The summed E-state index contributed by atoms with van der Waals surface area (Å²) in [5.74, 6) is -0.698. The van der Waals surface area contributed by atoms with E-state index in [1.807, 2.05) is 30.3 Å². The molecular formula is C18H17NO3. The van der Waals surface area contributed by atoms with Gasteiger partial charge in [0.25, 0.3) is 0 Å². The van der Waals surface area contributed by atoms with Crippen molar-refractivity contribution in [1.29, 1.82) is 0 Å². The number of hydrogen-bond donors (Lipinski definition) is 1. The lowest BCUT2D eigenvalue weighted by Crippen LogP contribution is -2.14. The highest BCUT2D eigenvalue weighted by Gasteiger charge is 2.14. The van der Waals surface area contributed by atoms with E-state index in [-0.39, 0.29) is 18.9 Å². The molecule has 0 aliphatic rings. The van der Waals surface area contributed by atoms with Gasteiger partial charge in [-0.1, -0.05) is 48.5 Å². The topological polar surface area (TPSA) is 55.4 Å². The number of rotatable bonds is 6. The highest BCUT2D eigenvalue weighted by Crippen LogP contribution is 2.17. The highest BCUT2D eigenvalue weighted by atomic mass is 16.5. The van der Waals surface area contributed by atoms with Crippen molar-refractivity contribution < 1.29 is 14.3 Å². The van der Waals surface area contributed by atoms with Crippen LogP contribution in [0.1, 0.15) is 22.3 Å². The fourth-order valence-corrected chi connectivity index (χ4v) is 1.90. The van der Waals surface area contributed by atoms with Crippen molar-refractivity contribution in [3.63, 3.8) is 0 Å². The molecule has 112 valence electrons. The van der Waals surface area contributed by atoms with Crippen LogP contribution in [0.3, 0.4) is 0 Å². The average molecular weight is 295 g/mol. The molecule has 0 unspecified atom stereocenters. The van der Waals surface area contributed by atoms with Crippen molar-refractivity contribution in [2.75, 3.05) is 5.32 Å². The first-order valence-corrected chi connectivity index (χ1v) is 6.91. The minimum absolute atomic E-state index is 0.188. The first kappa shape index (κ1) is 15.5. The number of amides is 1. The van der Waals surface area contributed by atoms with Gasteiger partial charge in [-0.15, -0.1) is 6.58 Å². The fraction of sp³-hybridized carbons (Fsp3) is 0.111. The van der Waals surface area contributed by atoms with Gasteiger partial charge in [0.1, 0.15) is 6.61 Å². The number of para-hydroxylation sites is 1. The summed E-state index contributed by atoms with van der Waals surface area (Å²) in [5.41, 5.74) is 1.67. The lowest BCUT2D eigenvalue weighted by Gasteiger charge is -2.10. The molecule has 4 nitrogen and oxygen atoms in total. The maximum atomic E-state index is 12.2.